The largest absolute Gasteiger partial charge is 0.316 e. The number of allylic oxidation sites excluding steroid dienone is 12. The van der Waals surface area contributed by atoms with Crippen molar-refractivity contribution >= 4 is 5.71 Å². The van der Waals surface area contributed by atoms with Gasteiger partial charge in [-0.2, -0.15) is 5.26 Å². The first-order valence-corrected chi connectivity index (χ1v) is 13.3. The molecular weight excluding hydrogens is 438 g/mol. The fraction of sp³-hybridized carbons (Fsp3) is 0.455. The summed E-state index contributed by atoms with van der Waals surface area (Å²) in [6, 6.07) is 2.25. The van der Waals surface area contributed by atoms with E-state index in [0.717, 1.165) is 42.8 Å². The van der Waals surface area contributed by atoms with E-state index < -0.39 is 0 Å². The molecule has 1 spiro atoms. The van der Waals surface area contributed by atoms with Crippen LogP contribution in [0.3, 0.4) is 0 Å². The van der Waals surface area contributed by atoms with Crippen LogP contribution in [0.2, 0.25) is 0 Å². The van der Waals surface area contributed by atoms with Gasteiger partial charge in [0, 0.05) is 30.3 Å². The van der Waals surface area contributed by atoms with Crippen LogP contribution in [-0.4, -0.2) is 25.8 Å². The Hall–Kier alpha value is -2.96. The molecule has 36 heavy (non-hydrogen) atoms. The average molecular weight is 482 g/mol. The van der Waals surface area contributed by atoms with Crippen molar-refractivity contribution in [3.8, 4) is 6.07 Å². The maximum atomic E-state index is 9.52. The van der Waals surface area contributed by atoms with Crippen LogP contribution in [0.4, 0.5) is 0 Å². The highest BCUT2D eigenvalue weighted by Crippen LogP contribution is 2.50. The summed E-state index contributed by atoms with van der Waals surface area (Å²) in [4.78, 5) is 4.71. The number of nitrogens with zero attached hydrogens (tertiary/aromatic N) is 2. The first-order valence-electron chi connectivity index (χ1n) is 13.3. The minimum absolute atomic E-state index is 0.107. The summed E-state index contributed by atoms with van der Waals surface area (Å²) in [7, 11) is 1.90. The highest BCUT2D eigenvalue weighted by Gasteiger charge is 2.41. The molecule has 3 heteroatoms. The topological polar surface area (TPSA) is 48.2 Å². The van der Waals surface area contributed by atoms with E-state index in [0.29, 0.717) is 16.9 Å². The van der Waals surface area contributed by atoms with E-state index in [1.807, 2.05) is 19.2 Å². The van der Waals surface area contributed by atoms with Crippen molar-refractivity contribution in [2.24, 2.45) is 22.2 Å². The molecule has 0 aromatic heterocycles. The zero-order valence-electron chi connectivity index (χ0n) is 22.8. The van der Waals surface area contributed by atoms with Crippen LogP contribution in [-0.2, 0) is 0 Å². The zero-order valence-corrected chi connectivity index (χ0v) is 22.8. The highest BCUT2D eigenvalue weighted by atomic mass is 14.9. The fourth-order valence-corrected chi connectivity index (χ4v) is 5.19. The van der Waals surface area contributed by atoms with Crippen LogP contribution in [0.5, 0.6) is 0 Å². The minimum atomic E-state index is 0.107. The van der Waals surface area contributed by atoms with Crippen molar-refractivity contribution in [1.29, 1.82) is 5.26 Å². The molecule has 3 aliphatic rings. The molecule has 0 radical (unpaired) electrons. The third kappa shape index (κ3) is 6.83. The fourth-order valence-electron chi connectivity index (χ4n) is 5.19. The van der Waals surface area contributed by atoms with E-state index >= 15 is 0 Å². The maximum absolute atomic E-state index is 9.52. The van der Waals surface area contributed by atoms with Gasteiger partial charge in [0.25, 0.3) is 0 Å². The quantitative estimate of drug-likeness (QED) is 0.197. The second-order valence-electron chi connectivity index (χ2n) is 10.7. The molecule has 0 aromatic rings. The molecule has 1 heterocycles. The standard InChI is InChI=1S/C33H43N3/c1-8-11-26(21-34)19-27(9-2)24(5)18-30(28-13-14-28)32(25(6)35-7)31(23(3)4)29-12-10-17-36-22-33(20-29)15-16-33/h8-9,11,18-20,24,28,36H,1-3,10,12-17,22H2,4-7H3/b26-11+,27-19+,29-20-,30-18-,32-31-,35-25?. The average Bonchev–Trinajstić information content (AvgIpc) is 3.77. The molecule has 1 atom stereocenters. The van der Waals surface area contributed by atoms with Gasteiger partial charge in [-0.1, -0.05) is 56.5 Å². The van der Waals surface area contributed by atoms with E-state index in [1.54, 1.807) is 12.2 Å². The summed E-state index contributed by atoms with van der Waals surface area (Å²) < 4.78 is 0. The second-order valence-corrected chi connectivity index (χ2v) is 10.7. The molecule has 1 aliphatic heterocycles. The van der Waals surface area contributed by atoms with Gasteiger partial charge in [0.05, 0.1) is 11.6 Å². The van der Waals surface area contributed by atoms with Crippen molar-refractivity contribution in [1.82, 2.24) is 5.32 Å². The van der Waals surface area contributed by atoms with Crippen molar-refractivity contribution in [2.45, 2.75) is 59.3 Å². The number of nitriles is 1. The molecule has 2 aliphatic carbocycles. The van der Waals surface area contributed by atoms with Gasteiger partial charge in [0.1, 0.15) is 0 Å². The zero-order chi connectivity index (χ0) is 26.3. The van der Waals surface area contributed by atoms with E-state index in [-0.39, 0.29) is 5.92 Å². The van der Waals surface area contributed by atoms with Gasteiger partial charge in [-0.05, 0) is 105 Å². The van der Waals surface area contributed by atoms with Crippen LogP contribution < -0.4 is 5.32 Å². The lowest BCUT2D eigenvalue weighted by molar-refractivity contribution is 0.520. The first kappa shape index (κ1) is 27.6. The van der Waals surface area contributed by atoms with Crippen LogP contribution in [0, 0.1) is 28.6 Å². The lowest BCUT2D eigenvalue weighted by Crippen LogP contribution is -2.26. The highest BCUT2D eigenvalue weighted by molar-refractivity contribution is 6.04. The van der Waals surface area contributed by atoms with Gasteiger partial charge < -0.3 is 5.32 Å². The molecule has 0 aromatic carbocycles. The third-order valence-electron chi connectivity index (χ3n) is 7.59. The molecule has 3 rings (SSSR count). The Bertz CT molecular complexity index is 1120. The Morgan fingerprint density at radius 3 is 2.53 bits per heavy atom. The second kappa shape index (κ2) is 12.3. The Labute approximate surface area is 219 Å². The third-order valence-corrected chi connectivity index (χ3v) is 7.59. The van der Waals surface area contributed by atoms with Crippen LogP contribution in [0.25, 0.3) is 0 Å². The molecule has 190 valence electrons. The van der Waals surface area contributed by atoms with Crippen molar-refractivity contribution < 1.29 is 0 Å². The Morgan fingerprint density at radius 1 is 1.28 bits per heavy atom. The smallest absolute Gasteiger partial charge is 0.0991 e. The lowest BCUT2D eigenvalue weighted by Gasteiger charge is -2.26. The van der Waals surface area contributed by atoms with Crippen molar-refractivity contribution in [3.63, 3.8) is 0 Å². The van der Waals surface area contributed by atoms with Gasteiger partial charge in [0.15, 0.2) is 0 Å². The first-order chi connectivity index (χ1) is 17.3. The summed E-state index contributed by atoms with van der Waals surface area (Å²) in [5.41, 5.74) is 9.47. The number of nitrogens with one attached hydrogen (secondary N) is 1. The van der Waals surface area contributed by atoms with Gasteiger partial charge in [-0.15, -0.1) is 0 Å². The van der Waals surface area contributed by atoms with Crippen molar-refractivity contribution in [2.75, 3.05) is 20.1 Å². The Kier molecular flexibility index (Phi) is 9.46. The minimum Gasteiger partial charge on any atom is -0.316 e. The summed E-state index contributed by atoms with van der Waals surface area (Å²) >= 11 is 0. The molecule has 0 saturated heterocycles. The molecule has 3 nitrogen and oxygen atoms in total. The molecular formula is C33H43N3. The van der Waals surface area contributed by atoms with E-state index in [1.165, 1.54) is 48.0 Å². The summed E-state index contributed by atoms with van der Waals surface area (Å²) in [5.74, 6) is 0.639. The predicted octanol–water partition coefficient (Wildman–Crippen LogP) is 7.76. The van der Waals surface area contributed by atoms with Gasteiger partial charge in [-0.3, -0.25) is 4.99 Å². The van der Waals surface area contributed by atoms with E-state index in [2.05, 4.69) is 64.0 Å². The monoisotopic (exact) mass is 481 g/mol. The number of rotatable bonds is 10. The normalized spacial score (nSPS) is 23.9. The lowest BCUT2D eigenvalue weighted by atomic mass is 9.81. The molecule has 0 bridgehead atoms. The van der Waals surface area contributed by atoms with Gasteiger partial charge in [0.2, 0.25) is 0 Å². The van der Waals surface area contributed by atoms with Gasteiger partial charge in [-0.25, -0.2) is 0 Å². The van der Waals surface area contributed by atoms with Crippen LogP contribution >= 0.6 is 0 Å². The summed E-state index contributed by atoms with van der Waals surface area (Å²) in [5, 5.41) is 13.2. The summed E-state index contributed by atoms with van der Waals surface area (Å²) in [6.45, 7) is 20.9. The Morgan fingerprint density at radius 2 is 2.00 bits per heavy atom. The molecule has 1 N–H and O–H groups in total. The molecule has 0 amide bonds. The number of hydrogen-bond donors (Lipinski definition) is 1. The van der Waals surface area contributed by atoms with Crippen LogP contribution in [0.15, 0.2) is 100 Å². The van der Waals surface area contributed by atoms with Gasteiger partial charge >= 0.3 is 0 Å². The molecule has 2 saturated carbocycles. The SMILES string of the molecule is C=C/C=C(C#N)\C=C(/C=C)C(C)\C=C(/C(C(C)=NC)=C(C(=C)C)\C1=C/C2(CC2)CNCCC1)C1CC1. The van der Waals surface area contributed by atoms with E-state index in [4.69, 9.17) is 4.99 Å². The van der Waals surface area contributed by atoms with E-state index in [9.17, 15) is 5.26 Å². The molecule has 2 fully saturated rings. The Balaban J connectivity index is 2.20. The van der Waals surface area contributed by atoms with Crippen LogP contribution in [0.1, 0.15) is 59.3 Å². The molecule has 1 unspecified atom stereocenters. The summed E-state index contributed by atoms with van der Waals surface area (Å²) in [6.07, 6.45) is 19.2. The number of hydrogen-bond acceptors (Lipinski definition) is 3. The predicted molar refractivity (Wildman–Crippen MR) is 155 cm³/mol. The maximum Gasteiger partial charge on any atom is 0.0991 e. The van der Waals surface area contributed by atoms with Crippen molar-refractivity contribution in [3.05, 3.63) is 95.2 Å². The number of aliphatic imine (C=N–C) groups is 1.